The molecule has 4 rings (SSSR count). The van der Waals surface area contributed by atoms with E-state index in [-0.39, 0.29) is 22.4 Å². The van der Waals surface area contributed by atoms with Crippen LogP contribution in [0.3, 0.4) is 0 Å². The van der Waals surface area contributed by atoms with E-state index >= 15 is 0 Å². The van der Waals surface area contributed by atoms with E-state index in [4.69, 9.17) is 4.74 Å². The summed E-state index contributed by atoms with van der Waals surface area (Å²) >= 11 is 0. The molecule has 184 valence electrons. The number of anilines is 1. The quantitative estimate of drug-likeness (QED) is 0.379. The van der Waals surface area contributed by atoms with Gasteiger partial charge in [-0.3, -0.25) is 4.79 Å². The van der Waals surface area contributed by atoms with Crippen molar-refractivity contribution >= 4 is 21.4 Å². The van der Waals surface area contributed by atoms with Gasteiger partial charge in [-0.15, -0.1) is 10.2 Å². The number of sulfone groups is 1. The molecule has 1 aliphatic carbocycles. The number of hydrogen-bond donors (Lipinski definition) is 1. The van der Waals surface area contributed by atoms with Crippen molar-refractivity contribution in [1.29, 1.82) is 0 Å². The average molecular weight is 510 g/mol. The van der Waals surface area contributed by atoms with E-state index in [0.29, 0.717) is 5.56 Å². The monoisotopic (exact) mass is 510 g/mol. The molecular weight excluding hydrogens is 492 g/mol. The largest absolute Gasteiger partial charge is 0.435 e. The van der Waals surface area contributed by atoms with Crippen molar-refractivity contribution in [3.63, 3.8) is 0 Å². The number of alkyl halides is 3. The molecule has 0 radical (unpaired) electrons. The molecule has 2 aromatic heterocycles. The van der Waals surface area contributed by atoms with Gasteiger partial charge in [0.2, 0.25) is 11.8 Å². The summed E-state index contributed by atoms with van der Waals surface area (Å²) in [5, 5.41) is 8.90. The van der Waals surface area contributed by atoms with E-state index in [1.807, 2.05) is 0 Å². The van der Waals surface area contributed by atoms with Gasteiger partial charge in [-0.2, -0.15) is 22.5 Å². The Morgan fingerprint density at radius 3 is 2.46 bits per heavy atom. The van der Waals surface area contributed by atoms with E-state index in [1.54, 1.807) is 0 Å². The van der Waals surface area contributed by atoms with Gasteiger partial charge in [0.05, 0.1) is 4.90 Å². The van der Waals surface area contributed by atoms with Crippen molar-refractivity contribution < 1.29 is 35.5 Å². The number of amides is 1. The van der Waals surface area contributed by atoms with Gasteiger partial charge in [-0.25, -0.2) is 8.42 Å². The molecule has 0 atom stereocenters. The van der Waals surface area contributed by atoms with Crippen LogP contribution in [0.4, 0.5) is 23.2 Å². The Labute approximate surface area is 197 Å². The summed E-state index contributed by atoms with van der Waals surface area (Å²) in [4.78, 5) is 16.6. The van der Waals surface area contributed by atoms with Crippen molar-refractivity contribution in [2.75, 3.05) is 11.6 Å². The highest BCUT2D eigenvalue weighted by molar-refractivity contribution is 7.90. The first-order valence-electron chi connectivity index (χ1n) is 10.2. The molecule has 8 nitrogen and oxygen atoms in total. The van der Waals surface area contributed by atoms with Crippen LogP contribution < -0.4 is 10.1 Å². The molecule has 1 aromatic carbocycles. The Kier molecular flexibility index (Phi) is 6.21. The van der Waals surface area contributed by atoms with Crippen molar-refractivity contribution in [1.82, 2.24) is 15.2 Å². The Bertz CT molecular complexity index is 1420. The van der Waals surface area contributed by atoms with E-state index in [9.17, 15) is 30.8 Å². The number of rotatable bonds is 6. The molecule has 1 N–H and O–H groups in total. The number of benzene rings is 1. The lowest BCUT2D eigenvalue weighted by Crippen LogP contribution is -2.21. The molecule has 3 aromatic rings. The predicted molar refractivity (Wildman–Crippen MR) is 116 cm³/mol. The highest BCUT2D eigenvalue weighted by Gasteiger charge is 2.38. The third kappa shape index (κ3) is 5.39. The number of nitrogens with one attached hydrogen (secondary N) is 1. The number of ether oxygens (including phenoxy) is 1. The summed E-state index contributed by atoms with van der Waals surface area (Å²) in [6, 6.07) is 7.94. The number of pyridine rings is 1. The zero-order chi connectivity index (χ0) is 25.5. The number of hydrogen-bond acceptors (Lipinski definition) is 7. The van der Waals surface area contributed by atoms with Crippen molar-refractivity contribution in [2.24, 2.45) is 0 Å². The van der Waals surface area contributed by atoms with Gasteiger partial charge in [-0.05, 0) is 55.5 Å². The van der Waals surface area contributed by atoms with Crippen LogP contribution in [-0.4, -0.2) is 35.8 Å². The first-order valence-corrected chi connectivity index (χ1v) is 12.1. The normalized spacial score (nSPS) is 14.0. The Morgan fingerprint density at radius 2 is 1.86 bits per heavy atom. The van der Waals surface area contributed by atoms with Crippen LogP contribution in [0.25, 0.3) is 0 Å². The second-order valence-corrected chi connectivity index (χ2v) is 10.0. The maximum atomic E-state index is 14.3. The predicted octanol–water partition coefficient (Wildman–Crippen LogP) is 4.66. The fourth-order valence-electron chi connectivity index (χ4n) is 3.39. The Hall–Kier alpha value is -3.61. The summed E-state index contributed by atoms with van der Waals surface area (Å²) < 4.78 is 83.6. The fraction of sp³-hybridized carbons (Fsp3) is 0.273. The van der Waals surface area contributed by atoms with Crippen LogP contribution in [0.1, 0.15) is 45.9 Å². The first kappa shape index (κ1) is 24.5. The van der Waals surface area contributed by atoms with Crippen LogP contribution in [0, 0.1) is 12.9 Å². The first-order chi connectivity index (χ1) is 16.3. The molecule has 1 saturated carbocycles. The smallest absolute Gasteiger partial charge is 0.418 e. The molecule has 0 unspecified atom stereocenters. The second kappa shape index (κ2) is 8.87. The van der Waals surface area contributed by atoms with Crippen LogP contribution in [0.2, 0.25) is 0 Å². The molecule has 1 amide bonds. The second-order valence-electron chi connectivity index (χ2n) is 8.01. The van der Waals surface area contributed by atoms with Crippen molar-refractivity contribution in [3.05, 3.63) is 64.7 Å². The molecule has 1 fully saturated rings. The molecule has 0 bridgehead atoms. The summed E-state index contributed by atoms with van der Waals surface area (Å²) in [6.45, 7) is 1.01. The van der Waals surface area contributed by atoms with Gasteiger partial charge in [0.25, 0.3) is 11.8 Å². The highest BCUT2D eigenvalue weighted by atomic mass is 32.2. The molecule has 1 aliphatic rings. The van der Waals surface area contributed by atoms with E-state index in [1.165, 1.54) is 30.3 Å². The Balaban J connectivity index is 1.72. The molecule has 0 aliphatic heterocycles. The van der Waals surface area contributed by atoms with E-state index in [2.05, 4.69) is 20.5 Å². The standard InChI is InChI=1S/C22H18F4N4O4S/c1-11-17(20(31)27-13-4-3-5-14(10-13)35(2,32)33)21(30-29-18(11)22(24,25)26)34-16-9-8-15(12-6-7-12)19(23)28-16/h3-5,8-10,12H,6-7H2,1-2H3,(H,27,31). The minimum absolute atomic E-state index is 0.00611. The lowest BCUT2D eigenvalue weighted by atomic mass is 10.1. The summed E-state index contributed by atoms with van der Waals surface area (Å²) in [5.74, 6) is -2.75. The van der Waals surface area contributed by atoms with Gasteiger partial charge >= 0.3 is 6.18 Å². The van der Waals surface area contributed by atoms with Crippen molar-refractivity contribution in [2.45, 2.75) is 36.8 Å². The molecular formula is C22H18F4N4O4S. The molecule has 35 heavy (non-hydrogen) atoms. The van der Waals surface area contributed by atoms with Gasteiger partial charge in [0.15, 0.2) is 15.5 Å². The molecule has 0 spiro atoms. The number of nitrogens with zero attached hydrogens (tertiary/aromatic N) is 3. The summed E-state index contributed by atoms with van der Waals surface area (Å²) in [5.41, 5.74) is -2.22. The lowest BCUT2D eigenvalue weighted by molar-refractivity contribution is -0.142. The van der Waals surface area contributed by atoms with E-state index in [0.717, 1.165) is 32.1 Å². The average Bonchev–Trinajstić information content (AvgIpc) is 3.58. The minimum Gasteiger partial charge on any atom is -0.418 e. The van der Waals surface area contributed by atoms with Crippen LogP contribution in [0.5, 0.6) is 11.8 Å². The third-order valence-electron chi connectivity index (χ3n) is 5.27. The number of halogens is 4. The third-order valence-corrected chi connectivity index (χ3v) is 6.38. The van der Waals surface area contributed by atoms with Crippen LogP contribution >= 0.6 is 0 Å². The SMILES string of the molecule is Cc1c(C(F)(F)F)nnc(Oc2ccc(C3CC3)c(F)n2)c1C(=O)Nc1cccc(S(C)(=O)=O)c1. The zero-order valence-electron chi connectivity index (χ0n) is 18.4. The maximum absolute atomic E-state index is 14.3. The van der Waals surface area contributed by atoms with Crippen LogP contribution in [-0.2, 0) is 16.0 Å². The van der Waals surface area contributed by atoms with Crippen LogP contribution in [0.15, 0.2) is 41.3 Å². The number of carbonyl (C=O) groups is 1. The summed E-state index contributed by atoms with van der Waals surface area (Å²) in [6.07, 6.45) is -2.30. The topological polar surface area (TPSA) is 111 Å². The van der Waals surface area contributed by atoms with Gasteiger partial charge < -0.3 is 10.1 Å². The fourth-order valence-corrected chi connectivity index (χ4v) is 4.06. The molecule has 2 heterocycles. The number of carbonyl (C=O) groups excluding carboxylic acids is 1. The van der Waals surface area contributed by atoms with Gasteiger partial charge in [0, 0.05) is 23.6 Å². The van der Waals surface area contributed by atoms with Crippen molar-refractivity contribution in [3.8, 4) is 11.8 Å². The molecule has 13 heteroatoms. The summed E-state index contributed by atoms with van der Waals surface area (Å²) in [7, 11) is -3.61. The number of aromatic nitrogens is 3. The minimum atomic E-state index is -4.92. The van der Waals surface area contributed by atoms with Gasteiger partial charge in [0.1, 0.15) is 5.56 Å². The highest BCUT2D eigenvalue weighted by Crippen LogP contribution is 2.41. The lowest BCUT2D eigenvalue weighted by Gasteiger charge is -2.16. The molecule has 0 saturated heterocycles. The zero-order valence-corrected chi connectivity index (χ0v) is 19.2. The maximum Gasteiger partial charge on any atom is 0.435 e. The van der Waals surface area contributed by atoms with Gasteiger partial charge in [-0.1, -0.05) is 6.07 Å². The van der Waals surface area contributed by atoms with E-state index < -0.39 is 50.6 Å². The Morgan fingerprint density at radius 1 is 1.14 bits per heavy atom.